The van der Waals surface area contributed by atoms with Gasteiger partial charge in [-0.25, -0.2) is 5.43 Å². The number of carbonyl (C=O) groups excluding carboxylic acids is 1. The molecule has 1 N–H and O–H groups in total. The second kappa shape index (κ2) is 7.38. The molecule has 1 heterocycles. The number of fused-ring (bicyclic) bond motifs is 2. The third-order valence-electron chi connectivity index (χ3n) is 4.43. The van der Waals surface area contributed by atoms with Gasteiger partial charge >= 0.3 is 6.18 Å². The van der Waals surface area contributed by atoms with E-state index in [1.165, 1.54) is 0 Å². The van der Waals surface area contributed by atoms with Gasteiger partial charge in [0.2, 0.25) is 0 Å². The highest BCUT2D eigenvalue weighted by Crippen LogP contribution is 2.28. The SMILES string of the molecule is O=C(Cn1ccc(C(F)(F)F)n1)N/N=C\c1c2ccccc2cc2ccccc12. The van der Waals surface area contributed by atoms with Crippen LogP contribution in [0.2, 0.25) is 0 Å². The molecule has 29 heavy (non-hydrogen) atoms. The maximum Gasteiger partial charge on any atom is 0.435 e. The van der Waals surface area contributed by atoms with Crippen LogP contribution in [0.5, 0.6) is 0 Å². The predicted octanol–water partition coefficient (Wildman–Crippen LogP) is 4.36. The van der Waals surface area contributed by atoms with Crippen molar-refractivity contribution < 1.29 is 18.0 Å². The molecule has 0 aliphatic rings. The van der Waals surface area contributed by atoms with Gasteiger partial charge in [0.05, 0.1) is 6.21 Å². The molecule has 4 aromatic rings. The first-order valence-electron chi connectivity index (χ1n) is 8.75. The Labute approximate surface area is 163 Å². The van der Waals surface area contributed by atoms with Crippen LogP contribution in [0.25, 0.3) is 21.5 Å². The van der Waals surface area contributed by atoms with E-state index in [1.54, 1.807) is 6.21 Å². The summed E-state index contributed by atoms with van der Waals surface area (Å²) in [4.78, 5) is 12.0. The number of amides is 1. The van der Waals surface area contributed by atoms with Gasteiger partial charge < -0.3 is 0 Å². The lowest BCUT2D eigenvalue weighted by molar-refractivity contribution is -0.141. The molecule has 0 spiro atoms. The number of hydrogen-bond donors (Lipinski definition) is 1. The highest BCUT2D eigenvalue weighted by molar-refractivity contribution is 6.13. The first-order chi connectivity index (χ1) is 13.9. The maximum atomic E-state index is 12.6. The van der Waals surface area contributed by atoms with Crippen molar-refractivity contribution >= 4 is 33.7 Å². The smallest absolute Gasteiger partial charge is 0.271 e. The molecule has 3 aromatic carbocycles. The number of benzene rings is 3. The van der Waals surface area contributed by atoms with Gasteiger partial charge in [0.25, 0.3) is 5.91 Å². The van der Waals surface area contributed by atoms with Crippen molar-refractivity contribution in [3.8, 4) is 0 Å². The Kier molecular flexibility index (Phi) is 4.75. The van der Waals surface area contributed by atoms with Crippen LogP contribution in [0, 0.1) is 0 Å². The van der Waals surface area contributed by atoms with E-state index in [1.807, 2.05) is 48.5 Å². The molecule has 8 heteroatoms. The molecular formula is C21H15F3N4O. The van der Waals surface area contributed by atoms with Gasteiger partial charge in [-0.2, -0.15) is 23.4 Å². The zero-order chi connectivity index (χ0) is 20.4. The van der Waals surface area contributed by atoms with E-state index in [0.29, 0.717) is 0 Å². The summed E-state index contributed by atoms with van der Waals surface area (Å²) in [6.45, 7) is -0.371. The number of rotatable bonds is 4. The summed E-state index contributed by atoms with van der Waals surface area (Å²) in [6.07, 6.45) is -1.90. The Morgan fingerprint density at radius 3 is 2.24 bits per heavy atom. The Hall–Kier alpha value is -3.68. The topological polar surface area (TPSA) is 59.3 Å². The first-order valence-corrected chi connectivity index (χ1v) is 8.75. The fourth-order valence-electron chi connectivity index (χ4n) is 3.14. The Balaban J connectivity index is 1.55. The molecule has 4 rings (SSSR count). The fraction of sp³-hybridized carbons (Fsp3) is 0.0952. The van der Waals surface area contributed by atoms with Crippen LogP contribution in [0.4, 0.5) is 13.2 Å². The minimum Gasteiger partial charge on any atom is -0.271 e. The standard InChI is InChI=1S/C21H15F3N4O/c22-21(23,24)19-9-10-28(27-19)13-20(29)26-25-12-18-16-7-3-1-5-14(16)11-15-6-2-4-8-17(15)18/h1-12H,13H2,(H,26,29)/b25-12-. The van der Waals surface area contributed by atoms with E-state index in [2.05, 4.69) is 21.7 Å². The van der Waals surface area contributed by atoms with Gasteiger partial charge in [0, 0.05) is 11.8 Å². The van der Waals surface area contributed by atoms with Crippen molar-refractivity contribution in [2.75, 3.05) is 0 Å². The number of halogens is 3. The number of hydrogen-bond acceptors (Lipinski definition) is 3. The molecule has 0 aliphatic heterocycles. The maximum absolute atomic E-state index is 12.6. The molecule has 0 aliphatic carbocycles. The van der Waals surface area contributed by atoms with Crippen LogP contribution < -0.4 is 5.43 Å². The summed E-state index contributed by atoms with van der Waals surface area (Å²) in [6, 6.07) is 18.5. The van der Waals surface area contributed by atoms with E-state index in [9.17, 15) is 18.0 Å². The van der Waals surface area contributed by atoms with Crippen LogP contribution in [0.3, 0.4) is 0 Å². The number of aromatic nitrogens is 2. The lowest BCUT2D eigenvalue weighted by Crippen LogP contribution is -2.23. The summed E-state index contributed by atoms with van der Waals surface area (Å²) in [5.41, 5.74) is 2.14. The van der Waals surface area contributed by atoms with Crippen molar-refractivity contribution in [2.24, 2.45) is 5.10 Å². The van der Waals surface area contributed by atoms with E-state index in [0.717, 1.165) is 44.1 Å². The lowest BCUT2D eigenvalue weighted by Gasteiger charge is -2.08. The number of alkyl halides is 3. The Morgan fingerprint density at radius 2 is 1.66 bits per heavy atom. The van der Waals surface area contributed by atoms with Crippen LogP contribution in [-0.2, 0) is 17.5 Å². The molecule has 146 valence electrons. The molecule has 0 unspecified atom stereocenters. The summed E-state index contributed by atoms with van der Waals surface area (Å²) < 4.78 is 38.7. The van der Waals surface area contributed by atoms with E-state index >= 15 is 0 Å². The third-order valence-corrected chi connectivity index (χ3v) is 4.43. The van der Waals surface area contributed by atoms with E-state index in [4.69, 9.17) is 0 Å². The minimum absolute atomic E-state index is 0.371. The largest absolute Gasteiger partial charge is 0.435 e. The molecule has 0 saturated carbocycles. The average Bonchev–Trinajstić information content (AvgIpc) is 3.16. The monoisotopic (exact) mass is 396 g/mol. The fourth-order valence-corrected chi connectivity index (χ4v) is 3.14. The normalized spacial score (nSPS) is 12.1. The zero-order valence-corrected chi connectivity index (χ0v) is 15.0. The highest BCUT2D eigenvalue weighted by atomic mass is 19.4. The van der Waals surface area contributed by atoms with Crippen molar-refractivity contribution in [3.63, 3.8) is 0 Å². The summed E-state index contributed by atoms with van der Waals surface area (Å²) >= 11 is 0. The second-order valence-electron chi connectivity index (χ2n) is 6.42. The Morgan fingerprint density at radius 1 is 1.03 bits per heavy atom. The summed E-state index contributed by atoms with van der Waals surface area (Å²) in [7, 11) is 0. The molecular weight excluding hydrogens is 381 g/mol. The van der Waals surface area contributed by atoms with Gasteiger partial charge in [0.1, 0.15) is 6.54 Å². The van der Waals surface area contributed by atoms with Gasteiger partial charge in [0.15, 0.2) is 5.69 Å². The van der Waals surface area contributed by atoms with Crippen LogP contribution in [-0.4, -0.2) is 21.9 Å². The highest BCUT2D eigenvalue weighted by Gasteiger charge is 2.33. The second-order valence-corrected chi connectivity index (χ2v) is 6.42. The van der Waals surface area contributed by atoms with Crippen molar-refractivity contribution in [1.82, 2.24) is 15.2 Å². The van der Waals surface area contributed by atoms with Gasteiger partial charge in [-0.3, -0.25) is 9.48 Å². The average molecular weight is 396 g/mol. The molecule has 0 saturated heterocycles. The van der Waals surface area contributed by atoms with Crippen LogP contribution >= 0.6 is 0 Å². The van der Waals surface area contributed by atoms with Crippen molar-refractivity contribution in [2.45, 2.75) is 12.7 Å². The number of carbonyl (C=O) groups is 1. The molecule has 1 amide bonds. The summed E-state index contributed by atoms with van der Waals surface area (Å²) in [5, 5.41) is 11.4. The van der Waals surface area contributed by atoms with Gasteiger partial charge in [-0.05, 0) is 33.7 Å². The van der Waals surface area contributed by atoms with Crippen LogP contribution in [0.15, 0.2) is 72.0 Å². The summed E-state index contributed by atoms with van der Waals surface area (Å²) in [5.74, 6) is -0.581. The number of nitrogens with zero attached hydrogens (tertiary/aromatic N) is 3. The lowest BCUT2D eigenvalue weighted by atomic mass is 9.97. The van der Waals surface area contributed by atoms with Gasteiger partial charge in [-0.1, -0.05) is 48.5 Å². The molecule has 0 fully saturated rings. The van der Waals surface area contributed by atoms with Gasteiger partial charge in [-0.15, -0.1) is 0 Å². The molecule has 0 atom stereocenters. The quantitative estimate of drug-likeness (QED) is 0.317. The zero-order valence-electron chi connectivity index (χ0n) is 15.0. The molecule has 0 radical (unpaired) electrons. The Bertz CT molecular complexity index is 1170. The minimum atomic E-state index is -4.55. The number of hydrazone groups is 1. The van der Waals surface area contributed by atoms with Crippen LogP contribution in [0.1, 0.15) is 11.3 Å². The number of nitrogens with one attached hydrogen (secondary N) is 1. The van der Waals surface area contributed by atoms with E-state index < -0.39 is 17.8 Å². The molecule has 1 aromatic heterocycles. The van der Waals surface area contributed by atoms with Crippen molar-refractivity contribution in [1.29, 1.82) is 0 Å². The van der Waals surface area contributed by atoms with Crippen molar-refractivity contribution in [3.05, 3.63) is 78.1 Å². The van der Waals surface area contributed by atoms with E-state index in [-0.39, 0.29) is 6.54 Å². The third kappa shape index (κ3) is 3.96. The predicted molar refractivity (Wildman–Crippen MR) is 104 cm³/mol. The molecule has 5 nitrogen and oxygen atoms in total. The molecule has 0 bridgehead atoms. The first kappa shape index (κ1) is 18.7.